The van der Waals surface area contributed by atoms with Gasteiger partial charge in [0.05, 0.1) is 0 Å². The number of aryl methyl sites for hydroxylation is 1. The van der Waals surface area contributed by atoms with Gasteiger partial charge in [0.25, 0.3) is 0 Å². The maximum absolute atomic E-state index is 6.21. The highest BCUT2D eigenvalue weighted by Gasteiger charge is 2.03. The van der Waals surface area contributed by atoms with Gasteiger partial charge in [-0.05, 0) is 66.4 Å². The van der Waals surface area contributed by atoms with Crippen LogP contribution in [0.2, 0.25) is 10.0 Å². The van der Waals surface area contributed by atoms with E-state index in [1.165, 1.54) is 16.7 Å². The van der Waals surface area contributed by atoms with Gasteiger partial charge in [-0.1, -0.05) is 65.7 Å². The Hall–Kier alpha value is -2.00. The first-order chi connectivity index (χ1) is 13.1. The lowest BCUT2D eigenvalue weighted by Gasteiger charge is -2.11. The molecule has 0 bridgehead atoms. The monoisotopic (exact) mass is 399 g/mol. The van der Waals surface area contributed by atoms with Crippen LogP contribution in [0.1, 0.15) is 22.3 Å². The van der Waals surface area contributed by atoms with Crippen molar-refractivity contribution in [3.8, 4) is 5.75 Å². The first-order valence-corrected chi connectivity index (χ1v) is 9.78. The summed E-state index contributed by atoms with van der Waals surface area (Å²) in [4.78, 5) is 0. The standard InChI is InChI=1S/C23H23Cl2NO/c1-17-5-2-3-7-20(17)16-27-22-8-4-6-18(13-22)15-26-12-11-19-9-10-21(24)14-23(19)25/h2-10,13-14,26H,11-12,15-16H2,1H3. The van der Waals surface area contributed by atoms with Crippen LogP contribution in [-0.4, -0.2) is 6.54 Å². The fourth-order valence-electron chi connectivity index (χ4n) is 2.86. The van der Waals surface area contributed by atoms with Crippen molar-refractivity contribution >= 4 is 23.2 Å². The Morgan fingerprint density at radius 2 is 1.74 bits per heavy atom. The van der Waals surface area contributed by atoms with E-state index < -0.39 is 0 Å². The van der Waals surface area contributed by atoms with E-state index in [4.69, 9.17) is 27.9 Å². The minimum atomic E-state index is 0.582. The molecule has 0 unspecified atom stereocenters. The van der Waals surface area contributed by atoms with Gasteiger partial charge >= 0.3 is 0 Å². The van der Waals surface area contributed by atoms with Gasteiger partial charge in [-0.3, -0.25) is 0 Å². The van der Waals surface area contributed by atoms with Crippen LogP contribution >= 0.6 is 23.2 Å². The van der Waals surface area contributed by atoms with Crippen molar-refractivity contribution in [1.82, 2.24) is 5.32 Å². The van der Waals surface area contributed by atoms with Crippen LogP contribution in [0.3, 0.4) is 0 Å². The first kappa shape index (κ1) is 19.8. The molecule has 3 aromatic carbocycles. The van der Waals surface area contributed by atoms with Crippen LogP contribution in [0.15, 0.2) is 66.7 Å². The maximum Gasteiger partial charge on any atom is 0.120 e. The van der Waals surface area contributed by atoms with Gasteiger partial charge in [0.1, 0.15) is 12.4 Å². The Morgan fingerprint density at radius 3 is 2.56 bits per heavy atom. The second-order valence-electron chi connectivity index (χ2n) is 6.53. The van der Waals surface area contributed by atoms with E-state index in [0.717, 1.165) is 35.8 Å². The van der Waals surface area contributed by atoms with Gasteiger partial charge in [-0.2, -0.15) is 0 Å². The summed E-state index contributed by atoms with van der Waals surface area (Å²) < 4.78 is 5.96. The molecule has 1 N–H and O–H groups in total. The molecule has 0 spiro atoms. The zero-order valence-electron chi connectivity index (χ0n) is 15.3. The zero-order valence-corrected chi connectivity index (χ0v) is 16.9. The third-order valence-electron chi connectivity index (χ3n) is 4.47. The van der Waals surface area contributed by atoms with E-state index in [-0.39, 0.29) is 0 Å². The lowest BCUT2D eigenvalue weighted by Crippen LogP contribution is -2.16. The van der Waals surface area contributed by atoms with E-state index in [1.54, 1.807) is 6.07 Å². The topological polar surface area (TPSA) is 21.3 Å². The first-order valence-electron chi connectivity index (χ1n) is 9.03. The number of ether oxygens (including phenoxy) is 1. The fourth-order valence-corrected chi connectivity index (χ4v) is 3.36. The van der Waals surface area contributed by atoms with Crippen molar-refractivity contribution in [2.45, 2.75) is 26.5 Å². The predicted molar refractivity (Wildman–Crippen MR) is 114 cm³/mol. The Bertz CT molecular complexity index is 895. The van der Waals surface area contributed by atoms with E-state index in [0.29, 0.717) is 11.6 Å². The number of nitrogens with one attached hydrogen (secondary N) is 1. The molecular weight excluding hydrogens is 377 g/mol. The number of hydrogen-bond donors (Lipinski definition) is 1. The summed E-state index contributed by atoms with van der Waals surface area (Å²) in [6, 6.07) is 22.1. The molecule has 27 heavy (non-hydrogen) atoms. The van der Waals surface area contributed by atoms with Crippen LogP contribution in [0, 0.1) is 6.92 Å². The summed E-state index contributed by atoms with van der Waals surface area (Å²) in [5.74, 6) is 0.887. The molecule has 0 aliphatic rings. The smallest absolute Gasteiger partial charge is 0.120 e. The minimum Gasteiger partial charge on any atom is -0.489 e. The van der Waals surface area contributed by atoms with Crippen molar-refractivity contribution in [1.29, 1.82) is 0 Å². The molecule has 0 radical (unpaired) electrons. The van der Waals surface area contributed by atoms with Gasteiger partial charge in [0.15, 0.2) is 0 Å². The van der Waals surface area contributed by atoms with Gasteiger partial charge in [0.2, 0.25) is 0 Å². The molecule has 0 fully saturated rings. The van der Waals surface area contributed by atoms with Gasteiger partial charge in [0, 0.05) is 16.6 Å². The molecule has 3 aromatic rings. The quantitative estimate of drug-likeness (QED) is 0.454. The van der Waals surface area contributed by atoms with Gasteiger partial charge < -0.3 is 10.1 Å². The average molecular weight is 400 g/mol. The Kier molecular flexibility index (Phi) is 7.17. The Labute approximate surface area is 171 Å². The Balaban J connectivity index is 1.48. The highest BCUT2D eigenvalue weighted by molar-refractivity contribution is 6.35. The molecule has 0 aliphatic carbocycles. The molecule has 0 aliphatic heterocycles. The predicted octanol–water partition coefficient (Wildman–Crippen LogP) is 6.21. The number of rotatable bonds is 8. The largest absolute Gasteiger partial charge is 0.489 e. The lowest BCUT2D eigenvalue weighted by atomic mass is 10.1. The second-order valence-corrected chi connectivity index (χ2v) is 7.37. The number of hydrogen-bond acceptors (Lipinski definition) is 2. The summed E-state index contributed by atoms with van der Waals surface area (Å²) in [6.45, 7) is 4.31. The van der Waals surface area contributed by atoms with Gasteiger partial charge in [-0.15, -0.1) is 0 Å². The minimum absolute atomic E-state index is 0.582. The van der Waals surface area contributed by atoms with Crippen molar-refractivity contribution in [3.63, 3.8) is 0 Å². The molecule has 0 atom stereocenters. The molecule has 0 aromatic heterocycles. The number of halogens is 2. The van der Waals surface area contributed by atoms with Crippen LogP contribution in [0.25, 0.3) is 0 Å². The summed E-state index contributed by atoms with van der Waals surface area (Å²) in [5, 5.41) is 4.84. The fraction of sp³-hybridized carbons (Fsp3) is 0.217. The van der Waals surface area contributed by atoms with Crippen LogP contribution in [-0.2, 0) is 19.6 Å². The summed E-state index contributed by atoms with van der Waals surface area (Å²) in [6.07, 6.45) is 0.861. The molecule has 2 nitrogen and oxygen atoms in total. The third-order valence-corrected chi connectivity index (χ3v) is 5.06. The zero-order chi connectivity index (χ0) is 19.1. The van der Waals surface area contributed by atoms with Gasteiger partial charge in [-0.25, -0.2) is 0 Å². The summed E-state index contributed by atoms with van der Waals surface area (Å²) in [5.41, 5.74) is 4.75. The molecule has 3 rings (SSSR count). The van der Waals surface area contributed by atoms with Crippen molar-refractivity contribution in [3.05, 3.63) is 99.0 Å². The van der Waals surface area contributed by atoms with Crippen LogP contribution < -0.4 is 10.1 Å². The van der Waals surface area contributed by atoms with E-state index in [9.17, 15) is 0 Å². The van der Waals surface area contributed by atoms with E-state index in [2.05, 4.69) is 36.5 Å². The second kappa shape index (κ2) is 9.80. The Morgan fingerprint density at radius 1 is 0.889 bits per heavy atom. The SMILES string of the molecule is Cc1ccccc1COc1cccc(CNCCc2ccc(Cl)cc2Cl)c1. The highest BCUT2D eigenvalue weighted by Crippen LogP contribution is 2.21. The van der Waals surface area contributed by atoms with Crippen LogP contribution in [0.5, 0.6) is 5.75 Å². The number of benzene rings is 3. The van der Waals surface area contributed by atoms with E-state index in [1.807, 2.05) is 36.4 Å². The molecule has 0 amide bonds. The average Bonchev–Trinajstić information content (AvgIpc) is 2.66. The summed E-state index contributed by atoms with van der Waals surface area (Å²) in [7, 11) is 0. The van der Waals surface area contributed by atoms with Crippen molar-refractivity contribution < 1.29 is 4.74 Å². The molecule has 0 saturated carbocycles. The lowest BCUT2D eigenvalue weighted by molar-refractivity contribution is 0.305. The third kappa shape index (κ3) is 6.00. The van der Waals surface area contributed by atoms with E-state index >= 15 is 0 Å². The molecule has 0 saturated heterocycles. The molecule has 0 heterocycles. The maximum atomic E-state index is 6.21. The molecule has 140 valence electrons. The molecule has 4 heteroatoms. The van der Waals surface area contributed by atoms with Crippen LogP contribution in [0.4, 0.5) is 0 Å². The van der Waals surface area contributed by atoms with Crippen molar-refractivity contribution in [2.24, 2.45) is 0 Å². The molecular formula is C23H23Cl2NO. The summed E-state index contributed by atoms with van der Waals surface area (Å²) >= 11 is 12.1. The van der Waals surface area contributed by atoms with Crippen molar-refractivity contribution in [2.75, 3.05) is 6.54 Å². The highest BCUT2D eigenvalue weighted by atomic mass is 35.5. The normalized spacial score (nSPS) is 10.8.